The summed E-state index contributed by atoms with van der Waals surface area (Å²) in [5.41, 5.74) is 0.914. The number of aryl methyl sites for hydroxylation is 1. The number of sulfonamides is 1. The second-order valence-corrected chi connectivity index (χ2v) is 10.5. The first kappa shape index (κ1) is 18.6. The normalized spacial score (nSPS) is 22.2. The molecule has 0 bridgehead atoms. The van der Waals surface area contributed by atoms with Gasteiger partial charge in [0, 0.05) is 24.6 Å². The van der Waals surface area contributed by atoms with Crippen molar-refractivity contribution < 1.29 is 13.2 Å². The van der Waals surface area contributed by atoms with Gasteiger partial charge in [0.15, 0.2) is 0 Å². The maximum atomic E-state index is 12.7. The minimum absolute atomic E-state index is 0.0538. The van der Waals surface area contributed by atoms with Gasteiger partial charge in [-0.15, -0.1) is 11.3 Å². The molecular formula is C17H25N3O3S2. The van der Waals surface area contributed by atoms with Crippen LogP contribution in [0.15, 0.2) is 28.9 Å². The van der Waals surface area contributed by atoms with E-state index < -0.39 is 10.0 Å². The highest BCUT2D eigenvalue weighted by molar-refractivity contribution is 7.91. The molecule has 0 aliphatic carbocycles. The van der Waals surface area contributed by atoms with Crippen LogP contribution in [0.4, 0.5) is 0 Å². The van der Waals surface area contributed by atoms with E-state index in [0.29, 0.717) is 23.7 Å². The molecule has 1 fully saturated rings. The zero-order valence-corrected chi connectivity index (χ0v) is 16.7. The van der Waals surface area contributed by atoms with Crippen LogP contribution in [0.1, 0.15) is 50.3 Å². The number of aromatic nitrogens is 2. The second-order valence-electron chi connectivity index (χ2n) is 7.50. The molecule has 0 spiro atoms. The molecular weight excluding hydrogens is 358 g/mol. The second kappa shape index (κ2) is 6.83. The van der Waals surface area contributed by atoms with Gasteiger partial charge < -0.3 is 9.30 Å². The Kier molecular flexibility index (Phi) is 5.07. The number of thiophene rings is 1. The minimum atomic E-state index is -3.51. The zero-order valence-electron chi connectivity index (χ0n) is 15.0. The summed E-state index contributed by atoms with van der Waals surface area (Å²) in [6, 6.07) is 3.46. The molecule has 25 heavy (non-hydrogen) atoms. The van der Waals surface area contributed by atoms with Crippen LogP contribution < -0.4 is 4.72 Å². The van der Waals surface area contributed by atoms with E-state index in [9.17, 15) is 8.42 Å². The Morgan fingerprint density at radius 3 is 2.72 bits per heavy atom. The van der Waals surface area contributed by atoms with E-state index in [2.05, 4.69) is 30.5 Å². The highest BCUT2D eigenvalue weighted by Crippen LogP contribution is 2.33. The summed E-state index contributed by atoms with van der Waals surface area (Å²) in [5.74, 6) is 0. The lowest BCUT2D eigenvalue weighted by atomic mass is 9.95. The molecule has 0 aromatic carbocycles. The fourth-order valence-electron chi connectivity index (χ4n) is 2.93. The Morgan fingerprint density at radius 2 is 2.12 bits per heavy atom. The standard InChI is InChI=1S/C17H25N3O3S2/c1-17(2,3)15-5-6-16(24-15)25(21,22)19-12-7-8-23-14(9-12)13-10-18-11-20(13)4/h5-6,10-12,14,19H,7-9H2,1-4H3/t12-,14+/m0/s1. The molecule has 1 saturated heterocycles. The summed E-state index contributed by atoms with van der Waals surface area (Å²) in [6.07, 6.45) is 4.65. The van der Waals surface area contributed by atoms with Gasteiger partial charge in [-0.2, -0.15) is 0 Å². The van der Waals surface area contributed by atoms with Crippen LogP contribution in [0.2, 0.25) is 0 Å². The quantitative estimate of drug-likeness (QED) is 0.881. The topological polar surface area (TPSA) is 73.2 Å². The molecule has 1 aliphatic rings. The Balaban J connectivity index is 1.72. The van der Waals surface area contributed by atoms with Crippen molar-refractivity contribution in [3.8, 4) is 0 Å². The van der Waals surface area contributed by atoms with Crippen molar-refractivity contribution in [1.29, 1.82) is 0 Å². The third kappa shape index (κ3) is 4.13. The maximum absolute atomic E-state index is 12.7. The van der Waals surface area contributed by atoms with E-state index in [1.165, 1.54) is 11.3 Å². The van der Waals surface area contributed by atoms with Crippen molar-refractivity contribution in [2.24, 2.45) is 7.05 Å². The van der Waals surface area contributed by atoms with Crippen LogP contribution in [-0.2, 0) is 27.2 Å². The van der Waals surface area contributed by atoms with Crippen molar-refractivity contribution in [3.05, 3.63) is 35.2 Å². The summed E-state index contributed by atoms with van der Waals surface area (Å²) in [4.78, 5) is 5.18. The molecule has 2 aromatic rings. The number of nitrogens with zero attached hydrogens (tertiary/aromatic N) is 2. The Hall–Kier alpha value is -1.22. The zero-order chi connectivity index (χ0) is 18.2. The summed E-state index contributed by atoms with van der Waals surface area (Å²) in [7, 11) is -1.60. The molecule has 6 nitrogen and oxygen atoms in total. The van der Waals surface area contributed by atoms with Crippen molar-refractivity contribution in [1.82, 2.24) is 14.3 Å². The first-order valence-electron chi connectivity index (χ1n) is 8.37. The van der Waals surface area contributed by atoms with Crippen molar-refractivity contribution in [3.63, 3.8) is 0 Å². The molecule has 2 aromatic heterocycles. The number of hydrogen-bond acceptors (Lipinski definition) is 5. The van der Waals surface area contributed by atoms with E-state index in [1.807, 2.05) is 17.7 Å². The van der Waals surface area contributed by atoms with Crippen LogP contribution in [0.5, 0.6) is 0 Å². The molecule has 0 saturated carbocycles. The number of hydrogen-bond donors (Lipinski definition) is 1. The van der Waals surface area contributed by atoms with Crippen LogP contribution in [0, 0.1) is 0 Å². The number of imidazole rings is 1. The molecule has 8 heteroatoms. The number of rotatable bonds is 4. The summed E-state index contributed by atoms with van der Waals surface area (Å²) in [6.45, 7) is 6.78. The van der Waals surface area contributed by atoms with Crippen LogP contribution in [0.3, 0.4) is 0 Å². The summed E-state index contributed by atoms with van der Waals surface area (Å²) >= 11 is 1.34. The molecule has 0 radical (unpaired) electrons. The van der Waals surface area contributed by atoms with Crippen molar-refractivity contribution in [2.45, 2.75) is 55.4 Å². The van der Waals surface area contributed by atoms with E-state index in [4.69, 9.17) is 4.74 Å². The predicted octanol–water partition coefficient (Wildman–Crippen LogP) is 2.98. The summed E-state index contributed by atoms with van der Waals surface area (Å²) in [5, 5.41) is 0. The average molecular weight is 384 g/mol. The van der Waals surface area contributed by atoms with E-state index in [1.54, 1.807) is 18.6 Å². The maximum Gasteiger partial charge on any atom is 0.250 e. The molecule has 0 unspecified atom stereocenters. The van der Waals surface area contributed by atoms with Gasteiger partial charge in [-0.25, -0.2) is 18.1 Å². The highest BCUT2D eigenvalue weighted by Gasteiger charge is 2.30. The fraction of sp³-hybridized carbons (Fsp3) is 0.588. The lowest BCUT2D eigenvalue weighted by Gasteiger charge is -2.29. The van der Waals surface area contributed by atoms with Crippen LogP contribution >= 0.6 is 11.3 Å². The molecule has 3 heterocycles. The summed E-state index contributed by atoms with van der Waals surface area (Å²) < 4.78 is 36.4. The Bertz CT molecular complexity index is 833. The Labute approximate surface area is 153 Å². The van der Waals surface area contributed by atoms with Gasteiger partial charge in [0.05, 0.1) is 18.2 Å². The van der Waals surface area contributed by atoms with E-state index >= 15 is 0 Å². The van der Waals surface area contributed by atoms with Gasteiger partial charge in [-0.1, -0.05) is 20.8 Å². The van der Waals surface area contributed by atoms with Gasteiger partial charge in [-0.05, 0) is 30.4 Å². The molecule has 1 aliphatic heterocycles. The van der Waals surface area contributed by atoms with Gasteiger partial charge >= 0.3 is 0 Å². The van der Waals surface area contributed by atoms with E-state index in [0.717, 1.165) is 10.6 Å². The van der Waals surface area contributed by atoms with Gasteiger partial charge in [0.1, 0.15) is 10.3 Å². The molecule has 0 amide bonds. The SMILES string of the molecule is Cn1cncc1[C@H]1C[C@@H](NS(=O)(=O)c2ccc(C(C)(C)C)s2)CCO1. The Morgan fingerprint density at radius 1 is 1.36 bits per heavy atom. The first-order chi connectivity index (χ1) is 11.7. The first-order valence-corrected chi connectivity index (χ1v) is 10.7. The lowest BCUT2D eigenvalue weighted by molar-refractivity contribution is -0.0000363. The van der Waals surface area contributed by atoms with Gasteiger partial charge in [0.25, 0.3) is 0 Å². The highest BCUT2D eigenvalue weighted by atomic mass is 32.2. The van der Waals surface area contributed by atoms with Crippen molar-refractivity contribution in [2.75, 3.05) is 6.61 Å². The van der Waals surface area contributed by atoms with Gasteiger partial charge in [0.2, 0.25) is 10.0 Å². The third-order valence-corrected chi connectivity index (χ3v) is 7.90. The monoisotopic (exact) mass is 383 g/mol. The number of ether oxygens (including phenoxy) is 1. The molecule has 1 N–H and O–H groups in total. The molecule has 3 rings (SSSR count). The van der Waals surface area contributed by atoms with Crippen molar-refractivity contribution >= 4 is 21.4 Å². The average Bonchev–Trinajstić information content (AvgIpc) is 3.15. The number of nitrogens with one attached hydrogen (secondary N) is 1. The minimum Gasteiger partial charge on any atom is -0.372 e. The largest absolute Gasteiger partial charge is 0.372 e. The lowest BCUT2D eigenvalue weighted by Crippen LogP contribution is -2.39. The van der Waals surface area contributed by atoms with Crippen LogP contribution in [0.25, 0.3) is 0 Å². The molecule has 138 valence electrons. The third-order valence-electron chi connectivity index (χ3n) is 4.37. The predicted molar refractivity (Wildman–Crippen MR) is 98.3 cm³/mol. The fourth-order valence-corrected chi connectivity index (χ4v) is 5.60. The molecule has 2 atom stereocenters. The van der Waals surface area contributed by atoms with Gasteiger partial charge in [-0.3, -0.25) is 0 Å². The van der Waals surface area contributed by atoms with Crippen LogP contribution in [-0.4, -0.2) is 30.6 Å². The smallest absolute Gasteiger partial charge is 0.250 e. The van der Waals surface area contributed by atoms with E-state index in [-0.39, 0.29) is 17.6 Å².